The Morgan fingerprint density at radius 2 is 1.73 bits per heavy atom. The number of nitrogens with two attached hydrogens (primary N) is 1. The minimum Gasteiger partial charge on any atom is -0.504 e. The zero-order valence-corrected chi connectivity index (χ0v) is 28.5. The van der Waals surface area contributed by atoms with E-state index in [1.807, 2.05) is 12.1 Å². The highest BCUT2D eigenvalue weighted by Gasteiger charge is 2.37. The van der Waals surface area contributed by atoms with E-state index >= 15 is 0 Å². The molecule has 1 atom stereocenters. The van der Waals surface area contributed by atoms with Crippen LogP contribution in [0.3, 0.4) is 0 Å². The summed E-state index contributed by atoms with van der Waals surface area (Å²) in [6.45, 7) is 2.63. The molecule has 3 amide bonds. The fraction of sp³-hybridized carbons (Fsp3) is 0.368. The van der Waals surface area contributed by atoms with Gasteiger partial charge in [0.1, 0.15) is 18.4 Å². The lowest BCUT2D eigenvalue weighted by Crippen LogP contribution is -2.54. The first-order valence-electron chi connectivity index (χ1n) is 17.7. The van der Waals surface area contributed by atoms with Gasteiger partial charge in [-0.25, -0.2) is 4.39 Å². The molecule has 0 radical (unpaired) electrons. The van der Waals surface area contributed by atoms with Gasteiger partial charge in [-0.2, -0.15) is 0 Å². The van der Waals surface area contributed by atoms with E-state index in [-0.39, 0.29) is 46.9 Å². The number of nitrogens with zero attached hydrogens (tertiary/aromatic N) is 6. The third-order valence-corrected chi connectivity index (χ3v) is 10.8. The first-order valence-corrected chi connectivity index (χ1v) is 17.7. The third kappa shape index (κ3) is 6.27. The monoisotopic (exact) mass is 706 g/mol. The number of rotatable bonds is 6. The fourth-order valence-corrected chi connectivity index (χ4v) is 8.14. The number of fused-ring (bicyclic) bond motifs is 1. The number of nitrogen functional groups attached to an aromatic ring is 1. The molecule has 2 saturated heterocycles. The standard InChI is InChI=1S/C38H39FN8O5/c39-28-5-1-4-26(35(28)50)30-20-27(37(40)44-43-30)29-19-24(13-14-41-29)46-16-15-45(21-34(46)49)23-9-7-22(8-10-23)25-3-2-6-31-36(25)52-18-17-47(31)32-11-12-33(48)42-38(32)51/h1-6,13-14,19-20,22-23,32,50H,7-12,15-18,21H2,(H2,40,44)(H,42,48,51)/t22?,23?,32-/m1/s1. The van der Waals surface area contributed by atoms with Crippen molar-refractivity contribution in [2.75, 3.05) is 48.3 Å². The Labute approximate surface area is 299 Å². The highest BCUT2D eigenvalue weighted by molar-refractivity contribution is 6.02. The van der Waals surface area contributed by atoms with Gasteiger partial charge in [-0.3, -0.25) is 29.6 Å². The number of phenolic OH excluding ortho intramolecular Hbond substituents is 1. The summed E-state index contributed by atoms with van der Waals surface area (Å²) in [5, 5.41) is 20.8. The van der Waals surface area contributed by atoms with E-state index in [1.54, 1.807) is 35.4 Å². The molecule has 52 heavy (non-hydrogen) atoms. The lowest BCUT2D eigenvalue weighted by molar-refractivity contribution is -0.134. The number of para-hydroxylation sites is 2. The zero-order chi connectivity index (χ0) is 35.9. The number of piperidine rings is 1. The zero-order valence-electron chi connectivity index (χ0n) is 28.5. The molecule has 5 heterocycles. The number of amides is 3. The second kappa shape index (κ2) is 13.8. The van der Waals surface area contributed by atoms with Crippen LogP contribution in [0, 0.1) is 5.82 Å². The molecule has 4 N–H and O–H groups in total. The Morgan fingerprint density at radius 1 is 0.904 bits per heavy atom. The number of aromatic hydroxyl groups is 1. The summed E-state index contributed by atoms with van der Waals surface area (Å²) in [4.78, 5) is 48.7. The van der Waals surface area contributed by atoms with E-state index in [0.717, 1.165) is 55.3 Å². The molecular weight excluding hydrogens is 667 g/mol. The van der Waals surface area contributed by atoms with E-state index in [0.29, 0.717) is 61.9 Å². The smallest absolute Gasteiger partial charge is 0.249 e. The van der Waals surface area contributed by atoms with Crippen molar-refractivity contribution in [1.82, 2.24) is 25.4 Å². The van der Waals surface area contributed by atoms with Crippen molar-refractivity contribution < 1.29 is 28.6 Å². The van der Waals surface area contributed by atoms with E-state index < -0.39 is 11.6 Å². The number of carbonyl (C=O) groups excluding carboxylic acids is 3. The van der Waals surface area contributed by atoms with Crippen molar-refractivity contribution in [3.8, 4) is 34.0 Å². The number of anilines is 3. The predicted molar refractivity (Wildman–Crippen MR) is 191 cm³/mol. The fourth-order valence-electron chi connectivity index (χ4n) is 8.14. The lowest BCUT2D eigenvalue weighted by atomic mass is 9.80. The Morgan fingerprint density at radius 3 is 2.54 bits per heavy atom. The second-order valence-corrected chi connectivity index (χ2v) is 13.8. The van der Waals surface area contributed by atoms with Crippen molar-refractivity contribution in [1.29, 1.82) is 0 Å². The number of ether oxygens (including phenoxy) is 1. The predicted octanol–water partition coefficient (Wildman–Crippen LogP) is 4.01. The number of piperazine rings is 1. The summed E-state index contributed by atoms with van der Waals surface area (Å²) < 4.78 is 20.3. The van der Waals surface area contributed by atoms with Gasteiger partial charge in [0.05, 0.1) is 30.2 Å². The van der Waals surface area contributed by atoms with Gasteiger partial charge < -0.3 is 25.4 Å². The molecule has 3 fully saturated rings. The van der Waals surface area contributed by atoms with Gasteiger partial charge in [-0.05, 0) is 80.0 Å². The molecule has 14 heteroatoms. The minimum atomic E-state index is -0.770. The van der Waals surface area contributed by atoms with Crippen molar-refractivity contribution in [2.24, 2.45) is 0 Å². The van der Waals surface area contributed by atoms with Gasteiger partial charge in [0, 0.05) is 48.6 Å². The van der Waals surface area contributed by atoms with Crippen LogP contribution < -0.4 is 25.6 Å². The molecule has 1 aliphatic carbocycles. The molecular formula is C38H39FN8O5. The van der Waals surface area contributed by atoms with Crippen molar-refractivity contribution in [3.63, 3.8) is 0 Å². The molecule has 0 spiro atoms. The van der Waals surface area contributed by atoms with Crippen LogP contribution in [0.5, 0.6) is 11.5 Å². The molecule has 2 aromatic carbocycles. The number of aromatic nitrogens is 3. The minimum absolute atomic E-state index is 0.00390. The molecule has 8 rings (SSSR count). The summed E-state index contributed by atoms with van der Waals surface area (Å²) in [5.41, 5.74) is 10.3. The SMILES string of the molecule is Nc1nnc(-c2cccc(F)c2O)cc1-c1cc(N2CCN(C3CCC(c4cccc5c4OCCN5[C@@H]4CCC(=O)NC4=O)CC3)CC2=O)ccn1. The summed E-state index contributed by atoms with van der Waals surface area (Å²) in [5.74, 6) is -0.509. The normalized spacial score (nSPS) is 22.5. The maximum atomic E-state index is 14.0. The van der Waals surface area contributed by atoms with Crippen LogP contribution in [0.1, 0.15) is 50.0 Å². The van der Waals surface area contributed by atoms with Crippen molar-refractivity contribution in [3.05, 3.63) is 72.2 Å². The van der Waals surface area contributed by atoms with Crippen molar-refractivity contribution >= 4 is 34.9 Å². The number of hydrogen-bond donors (Lipinski definition) is 3. The Balaban J connectivity index is 0.921. The van der Waals surface area contributed by atoms with Gasteiger partial charge >= 0.3 is 0 Å². The third-order valence-electron chi connectivity index (χ3n) is 10.8. The second-order valence-electron chi connectivity index (χ2n) is 13.8. The van der Waals surface area contributed by atoms with Crippen molar-refractivity contribution in [2.45, 2.75) is 56.5 Å². The number of phenols is 1. The van der Waals surface area contributed by atoms with Crippen LogP contribution in [0.25, 0.3) is 22.5 Å². The van der Waals surface area contributed by atoms with Crippen LogP contribution in [0.15, 0.2) is 60.8 Å². The maximum Gasteiger partial charge on any atom is 0.249 e. The van der Waals surface area contributed by atoms with Gasteiger partial charge in [-0.15, -0.1) is 10.2 Å². The van der Waals surface area contributed by atoms with Crippen LogP contribution in [-0.2, 0) is 14.4 Å². The van der Waals surface area contributed by atoms with Crippen LogP contribution in [-0.4, -0.2) is 87.8 Å². The van der Waals surface area contributed by atoms with Gasteiger partial charge in [-0.1, -0.05) is 18.2 Å². The van der Waals surface area contributed by atoms with Crippen LogP contribution in [0.2, 0.25) is 0 Å². The van der Waals surface area contributed by atoms with E-state index in [9.17, 15) is 23.9 Å². The lowest BCUT2D eigenvalue weighted by Gasteiger charge is -2.42. The van der Waals surface area contributed by atoms with E-state index in [2.05, 4.69) is 36.4 Å². The molecule has 1 saturated carbocycles. The Kier molecular flexibility index (Phi) is 8.91. The number of carbonyl (C=O) groups is 3. The topological polar surface area (TPSA) is 167 Å². The highest BCUT2D eigenvalue weighted by atomic mass is 19.1. The molecule has 268 valence electrons. The first-order chi connectivity index (χ1) is 25.2. The van der Waals surface area contributed by atoms with E-state index in [1.165, 1.54) is 6.07 Å². The van der Waals surface area contributed by atoms with Crippen LogP contribution in [0.4, 0.5) is 21.6 Å². The Hall–Kier alpha value is -5.63. The summed E-state index contributed by atoms with van der Waals surface area (Å²) in [6.07, 6.45) is 6.27. The summed E-state index contributed by atoms with van der Waals surface area (Å²) in [7, 11) is 0. The highest BCUT2D eigenvalue weighted by Crippen LogP contribution is 2.45. The quantitative estimate of drug-likeness (QED) is 0.248. The van der Waals surface area contributed by atoms with E-state index in [4.69, 9.17) is 10.5 Å². The first kappa shape index (κ1) is 33.5. The molecule has 0 bridgehead atoms. The number of halogens is 1. The number of nitrogens with one attached hydrogen (secondary N) is 1. The number of hydrogen-bond acceptors (Lipinski definition) is 11. The van der Waals surface area contributed by atoms with Gasteiger partial charge in [0.15, 0.2) is 17.4 Å². The molecule has 2 aromatic heterocycles. The summed E-state index contributed by atoms with van der Waals surface area (Å²) in [6, 6.07) is 15.4. The molecule has 4 aromatic rings. The summed E-state index contributed by atoms with van der Waals surface area (Å²) >= 11 is 0. The molecule has 0 unspecified atom stereocenters. The largest absolute Gasteiger partial charge is 0.504 e. The maximum absolute atomic E-state index is 14.0. The number of imide groups is 1. The van der Waals surface area contributed by atoms with Gasteiger partial charge in [0.2, 0.25) is 17.7 Å². The molecule has 4 aliphatic rings. The average Bonchev–Trinajstić information content (AvgIpc) is 3.16. The Bertz CT molecular complexity index is 2050. The molecule has 13 nitrogen and oxygen atoms in total. The number of pyridine rings is 1. The average molecular weight is 707 g/mol. The van der Waals surface area contributed by atoms with Crippen LogP contribution >= 0.6 is 0 Å². The van der Waals surface area contributed by atoms with Gasteiger partial charge in [0.25, 0.3) is 0 Å². The molecule has 3 aliphatic heterocycles. The number of benzene rings is 2.